The van der Waals surface area contributed by atoms with Crippen LogP contribution in [0.1, 0.15) is 0 Å². The van der Waals surface area contributed by atoms with Gasteiger partial charge in [-0.2, -0.15) is 8.42 Å². The average Bonchev–Trinajstić information content (AvgIpc) is 2.60. The van der Waals surface area contributed by atoms with E-state index in [9.17, 15) is 39.1 Å². The molecule has 10 atom stereocenters. The summed E-state index contributed by atoms with van der Waals surface area (Å²) in [5.41, 5.74) is 0. The summed E-state index contributed by atoms with van der Waals surface area (Å²) in [4.78, 5) is 0. The van der Waals surface area contributed by atoms with Crippen molar-refractivity contribution in [2.24, 2.45) is 0 Å². The molecule has 2 heterocycles. The summed E-state index contributed by atoms with van der Waals surface area (Å²) in [5, 5.41) is 67.9. The van der Waals surface area contributed by atoms with Crippen LogP contribution < -0.4 is 0 Å². The number of aliphatic hydroxyl groups excluding tert-OH is 7. The quantitative estimate of drug-likeness (QED) is 0.186. The number of rotatable bonds is 6. The third kappa shape index (κ3) is 5.30. The summed E-state index contributed by atoms with van der Waals surface area (Å²) in [6.07, 6.45) is -17.4. The molecule has 2 saturated heterocycles. The monoisotopic (exact) mass is 422 g/mol. The lowest BCUT2D eigenvalue weighted by Crippen LogP contribution is -2.64. The lowest BCUT2D eigenvalue weighted by molar-refractivity contribution is -0.354. The van der Waals surface area contributed by atoms with Gasteiger partial charge in [0.1, 0.15) is 48.8 Å². The minimum Gasteiger partial charge on any atom is -0.394 e. The van der Waals surface area contributed by atoms with E-state index in [-0.39, 0.29) is 0 Å². The summed E-state index contributed by atoms with van der Waals surface area (Å²) in [5.74, 6) is 0. The van der Waals surface area contributed by atoms with Crippen LogP contribution in [-0.4, -0.2) is 123 Å². The highest BCUT2D eigenvalue weighted by atomic mass is 32.3. The predicted molar refractivity (Wildman–Crippen MR) is 79.0 cm³/mol. The van der Waals surface area contributed by atoms with Crippen LogP contribution in [0, 0.1) is 0 Å². The number of ether oxygens (including phenoxy) is 3. The summed E-state index contributed by atoms with van der Waals surface area (Å²) >= 11 is 0. The van der Waals surface area contributed by atoms with Crippen molar-refractivity contribution >= 4 is 10.4 Å². The zero-order valence-electron chi connectivity index (χ0n) is 13.6. The zero-order valence-corrected chi connectivity index (χ0v) is 14.4. The van der Waals surface area contributed by atoms with Crippen LogP contribution in [0.3, 0.4) is 0 Å². The predicted octanol–water partition coefficient (Wildman–Crippen LogP) is -5.57. The third-order valence-corrected chi connectivity index (χ3v) is 4.61. The van der Waals surface area contributed by atoms with E-state index < -0.39 is 85.0 Å². The van der Waals surface area contributed by atoms with Crippen LogP contribution >= 0.6 is 0 Å². The number of aliphatic hydroxyl groups is 7. The molecule has 14 nitrogen and oxygen atoms in total. The first-order valence-electron chi connectivity index (χ1n) is 7.73. The molecular weight excluding hydrogens is 400 g/mol. The van der Waals surface area contributed by atoms with Gasteiger partial charge in [0.2, 0.25) is 0 Å². The fourth-order valence-corrected chi connectivity index (χ4v) is 3.02. The van der Waals surface area contributed by atoms with E-state index >= 15 is 0 Å². The lowest BCUT2D eigenvalue weighted by atomic mass is 9.97. The Balaban J connectivity index is 2.17. The maximum Gasteiger partial charge on any atom is 0.397 e. The Kier molecular flexibility index (Phi) is 7.47. The Morgan fingerprint density at radius 3 is 2.00 bits per heavy atom. The van der Waals surface area contributed by atoms with E-state index in [0.717, 1.165) is 0 Å². The van der Waals surface area contributed by atoms with Gasteiger partial charge < -0.3 is 50.0 Å². The largest absolute Gasteiger partial charge is 0.397 e. The van der Waals surface area contributed by atoms with Crippen molar-refractivity contribution < 1.29 is 67.1 Å². The first kappa shape index (κ1) is 22.8. The van der Waals surface area contributed by atoms with Crippen LogP contribution in [0.15, 0.2) is 0 Å². The van der Waals surface area contributed by atoms with E-state index in [0.29, 0.717) is 0 Å². The Bertz CT molecular complexity index is 583. The SMILES string of the molecule is O=S(=O)(O)OC[C@H]1OC(O)[C@H](O)[C@@H](O)[C@@H]1O[C@@H]1O[C@H](CO)[C@H](O)[C@H](O)[C@H]1O. The van der Waals surface area contributed by atoms with Gasteiger partial charge in [0.25, 0.3) is 0 Å². The highest BCUT2D eigenvalue weighted by molar-refractivity contribution is 7.80. The molecule has 2 fully saturated rings. The van der Waals surface area contributed by atoms with Gasteiger partial charge in [-0.05, 0) is 0 Å². The highest BCUT2D eigenvalue weighted by Crippen LogP contribution is 2.28. The smallest absolute Gasteiger partial charge is 0.394 e. The summed E-state index contributed by atoms with van der Waals surface area (Å²) in [7, 11) is -4.92. The molecular formula is C12H22O14S. The molecule has 0 amide bonds. The molecule has 0 radical (unpaired) electrons. The maximum absolute atomic E-state index is 10.7. The minimum absolute atomic E-state index is 0.759. The highest BCUT2D eigenvalue weighted by Gasteiger charge is 2.50. The van der Waals surface area contributed by atoms with Crippen LogP contribution in [-0.2, 0) is 28.8 Å². The van der Waals surface area contributed by atoms with Crippen molar-refractivity contribution in [1.82, 2.24) is 0 Å². The first-order valence-corrected chi connectivity index (χ1v) is 9.10. The summed E-state index contributed by atoms with van der Waals surface area (Å²) in [6, 6.07) is 0. The van der Waals surface area contributed by atoms with Crippen molar-refractivity contribution in [2.45, 2.75) is 61.4 Å². The molecule has 0 saturated carbocycles. The molecule has 2 aliphatic heterocycles. The molecule has 15 heteroatoms. The van der Waals surface area contributed by atoms with Gasteiger partial charge in [0.15, 0.2) is 12.6 Å². The molecule has 8 N–H and O–H groups in total. The molecule has 0 aromatic heterocycles. The van der Waals surface area contributed by atoms with Crippen molar-refractivity contribution in [3.8, 4) is 0 Å². The van der Waals surface area contributed by atoms with Crippen LogP contribution in [0.2, 0.25) is 0 Å². The fraction of sp³-hybridized carbons (Fsp3) is 1.00. The standard InChI is InChI=1S/C12H22O14S/c13-1-3-5(14)6(15)9(18)12(25-3)26-10-4(2-23-27(20,21)22)24-11(19)8(17)7(10)16/h3-19H,1-2H2,(H,20,21,22)/t3-,4-,5+,6+,7-,8-,9-,10-,11?,12+/m1/s1. The van der Waals surface area contributed by atoms with E-state index in [1.165, 1.54) is 0 Å². The maximum atomic E-state index is 10.7. The first-order chi connectivity index (χ1) is 12.5. The van der Waals surface area contributed by atoms with E-state index in [2.05, 4.69) is 4.18 Å². The van der Waals surface area contributed by atoms with Gasteiger partial charge in [0, 0.05) is 0 Å². The Hall–Kier alpha value is -0.530. The van der Waals surface area contributed by atoms with E-state index in [4.69, 9.17) is 23.9 Å². The summed E-state index contributed by atoms with van der Waals surface area (Å²) in [6.45, 7) is -1.72. The van der Waals surface area contributed by atoms with Crippen molar-refractivity contribution in [3.63, 3.8) is 0 Å². The molecule has 27 heavy (non-hydrogen) atoms. The molecule has 0 aromatic carbocycles. The number of hydrogen-bond donors (Lipinski definition) is 8. The fourth-order valence-electron chi connectivity index (χ4n) is 2.71. The van der Waals surface area contributed by atoms with Crippen molar-refractivity contribution in [3.05, 3.63) is 0 Å². The van der Waals surface area contributed by atoms with Gasteiger partial charge in [-0.25, -0.2) is 4.18 Å². The second-order valence-electron chi connectivity index (χ2n) is 6.06. The number of hydrogen-bond acceptors (Lipinski definition) is 13. The van der Waals surface area contributed by atoms with E-state index in [1.807, 2.05) is 0 Å². The van der Waals surface area contributed by atoms with Crippen LogP contribution in [0.4, 0.5) is 0 Å². The van der Waals surface area contributed by atoms with Gasteiger partial charge in [-0.1, -0.05) is 0 Å². The van der Waals surface area contributed by atoms with Crippen molar-refractivity contribution in [1.29, 1.82) is 0 Å². The molecule has 0 aliphatic carbocycles. The zero-order chi connectivity index (χ0) is 20.5. The minimum atomic E-state index is -4.92. The average molecular weight is 422 g/mol. The third-order valence-electron chi connectivity index (χ3n) is 4.18. The normalized spacial score (nSPS) is 46.4. The van der Waals surface area contributed by atoms with Crippen LogP contribution in [0.25, 0.3) is 0 Å². The second kappa shape index (κ2) is 8.87. The Morgan fingerprint density at radius 2 is 1.44 bits per heavy atom. The topological polar surface area (TPSA) is 233 Å². The van der Waals surface area contributed by atoms with Gasteiger partial charge >= 0.3 is 10.4 Å². The Morgan fingerprint density at radius 1 is 0.815 bits per heavy atom. The van der Waals surface area contributed by atoms with Crippen molar-refractivity contribution in [2.75, 3.05) is 13.2 Å². The molecule has 1 unspecified atom stereocenters. The lowest BCUT2D eigenvalue weighted by Gasteiger charge is -2.45. The molecule has 2 rings (SSSR count). The van der Waals surface area contributed by atoms with Gasteiger partial charge in [-0.3, -0.25) is 4.55 Å². The molecule has 2 aliphatic rings. The molecule has 0 bridgehead atoms. The second-order valence-corrected chi connectivity index (χ2v) is 7.15. The van der Waals surface area contributed by atoms with Gasteiger partial charge in [0.05, 0.1) is 13.2 Å². The Labute approximate surface area is 153 Å². The van der Waals surface area contributed by atoms with Crippen LogP contribution in [0.5, 0.6) is 0 Å². The van der Waals surface area contributed by atoms with Gasteiger partial charge in [-0.15, -0.1) is 0 Å². The molecule has 160 valence electrons. The molecule has 0 spiro atoms. The summed E-state index contributed by atoms with van der Waals surface area (Å²) < 4.78 is 49.4. The molecule has 0 aromatic rings. The van der Waals surface area contributed by atoms with E-state index in [1.54, 1.807) is 0 Å².